The molecule has 0 radical (unpaired) electrons. The molecule has 0 bridgehead atoms. The maximum atomic E-state index is 15.5. The molecule has 6 nitrogen and oxygen atoms in total. The second-order valence-electron chi connectivity index (χ2n) is 9.31. The molecule has 0 unspecified atom stereocenters. The predicted octanol–water partition coefficient (Wildman–Crippen LogP) is 6.82. The zero-order valence-corrected chi connectivity index (χ0v) is 21.4. The van der Waals surface area contributed by atoms with Gasteiger partial charge in [-0.1, -0.05) is 49.7 Å². The Morgan fingerprint density at radius 2 is 1.73 bits per heavy atom. The summed E-state index contributed by atoms with van der Waals surface area (Å²) in [5.41, 5.74) is 0.813. The standard InChI is InChI=1S/C28H29F2NO5S/c1-3-17-7-9-18(10-8-17)19-11-13-20(14-12-19)21-5-4-6-26(27(21)30)37(34,35)31-24-16-23(29)22(28(32)33)15-25(24)36-2/h4-6,11-18,31H,3,7-10H2,1-2H3,(H,32,33). The molecule has 0 amide bonds. The number of sulfonamides is 1. The summed E-state index contributed by atoms with van der Waals surface area (Å²) in [4.78, 5) is 10.5. The van der Waals surface area contributed by atoms with E-state index in [4.69, 9.17) is 9.84 Å². The van der Waals surface area contributed by atoms with Gasteiger partial charge in [-0.2, -0.15) is 0 Å². The molecule has 0 aliphatic heterocycles. The highest BCUT2D eigenvalue weighted by molar-refractivity contribution is 7.92. The monoisotopic (exact) mass is 529 g/mol. The summed E-state index contributed by atoms with van der Waals surface area (Å²) in [6, 6.07) is 13.1. The minimum atomic E-state index is -4.51. The molecule has 3 aromatic carbocycles. The summed E-state index contributed by atoms with van der Waals surface area (Å²) in [7, 11) is -3.33. The van der Waals surface area contributed by atoms with Gasteiger partial charge in [-0.3, -0.25) is 4.72 Å². The summed E-state index contributed by atoms with van der Waals surface area (Å²) in [6.45, 7) is 2.22. The summed E-state index contributed by atoms with van der Waals surface area (Å²) in [5, 5.41) is 9.09. The molecule has 196 valence electrons. The van der Waals surface area contributed by atoms with E-state index in [9.17, 15) is 17.6 Å². The number of methoxy groups -OCH3 is 1. The molecule has 0 atom stereocenters. The van der Waals surface area contributed by atoms with Gasteiger partial charge in [0.15, 0.2) is 5.82 Å². The molecule has 4 rings (SSSR count). The van der Waals surface area contributed by atoms with Crippen molar-refractivity contribution < 1.29 is 31.8 Å². The summed E-state index contributed by atoms with van der Waals surface area (Å²) < 4.78 is 63.0. The van der Waals surface area contributed by atoms with Crippen molar-refractivity contribution >= 4 is 21.7 Å². The normalized spacial score (nSPS) is 17.8. The van der Waals surface area contributed by atoms with E-state index in [0.717, 1.165) is 30.9 Å². The quantitative estimate of drug-likeness (QED) is 0.334. The Balaban J connectivity index is 1.61. The lowest BCUT2D eigenvalue weighted by Crippen LogP contribution is -2.16. The fourth-order valence-electron chi connectivity index (χ4n) is 4.95. The molecular formula is C28H29F2NO5S. The highest BCUT2D eigenvalue weighted by Crippen LogP contribution is 2.38. The van der Waals surface area contributed by atoms with Crippen molar-refractivity contribution in [2.24, 2.45) is 5.92 Å². The van der Waals surface area contributed by atoms with Gasteiger partial charge in [-0.15, -0.1) is 0 Å². The number of carboxylic acids is 1. The molecule has 1 fully saturated rings. The van der Waals surface area contributed by atoms with E-state index in [0.29, 0.717) is 17.5 Å². The smallest absolute Gasteiger partial charge is 0.338 e. The fourth-order valence-corrected chi connectivity index (χ4v) is 6.11. The number of carbonyl (C=O) groups is 1. The number of anilines is 1. The van der Waals surface area contributed by atoms with Crippen LogP contribution in [0.5, 0.6) is 5.75 Å². The van der Waals surface area contributed by atoms with Crippen LogP contribution in [0.2, 0.25) is 0 Å². The van der Waals surface area contributed by atoms with Crippen LogP contribution in [0.3, 0.4) is 0 Å². The second kappa shape index (κ2) is 10.9. The average Bonchev–Trinajstić information content (AvgIpc) is 2.88. The number of carboxylic acid groups (broad SMARTS) is 1. The van der Waals surface area contributed by atoms with Crippen molar-refractivity contribution in [1.29, 1.82) is 0 Å². The third-order valence-corrected chi connectivity index (χ3v) is 8.52. The topological polar surface area (TPSA) is 92.7 Å². The molecule has 9 heteroatoms. The highest BCUT2D eigenvalue weighted by Gasteiger charge is 2.26. The lowest BCUT2D eigenvalue weighted by atomic mass is 9.77. The number of hydrogen-bond acceptors (Lipinski definition) is 4. The first-order valence-electron chi connectivity index (χ1n) is 12.2. The van der Waals surface area contributed by atoms with Crippen molar-refractivity contribution in [2.45, 2.75) is 49.8 Å². The van der Waals surface area contributed by atoms with E-state index in [2.05, 4.69) is 11.6 Å². The van der Waals surface area contributed by atoms with Gasteiger partial charge in [0.05, 0.1) is 18.4 Å². The molecule has 37 heavy (non-hydrogen) atoms. The third kappa shape index (κ3) is 5.61. The summed E-state index contributed by atoms with van der Waals surface area (Å²) >= 11 is 0. The largest absolute Gasteiger partial charge is 0.495 e. The van der Waals surface area contributed by atoms with Crippen LogP contribution in [0.1, 0.15) is 60.9 Å². The Bertz CT molecular complexity index is 1400. The van der Waals surface area contributed by atoms with Gasteiger partial charge in [-0.05, 0) is 60.8 Å². The molecule has 0 spiro atoms. The number of benzene rings is 3. The second-order valence-corrected chi connectivity index (χ2v) is 11.0. The highest BCUT2D eigenvalue weighted by atomic mass is 32.2. The van der Waals surface area contributed by atoms with Crippen molar-refractivity contribution in [2.75, 3.05) is 11.8 Å². The summed E-state index contributed by atoms with van der Waals surface area (Å²) in [5.74, 6) is -2.61. The average molecular weight is 530 g/mol. The molecule has 1 saturated carbocycles. The molecule has 0 aromatic heterocycles. The van der Waals surface area contributed by atoms with Crippen molar-refractivity contribution in [1.82, 2.24) is 0 Å². The Labute approximate surface area is 215 Å². The fraction of sp³-hybridized carbons (Fsp3) is 0.321. The van der Waals surface area contributed by atoms with E-state index in [1.807, 2.05) is 12.1 Å². The van der Waals surface area contributed by atoms with Crippen molar-refractivity contribution in [3.63, 3.8) is 0 Å². The van der Waals surface area contributed by atoms with Gasteiger partial charge < -0.3 is 9.84 Å². The van der Waals surface area contributed by atoms with E-state index in [-0.39, 0.29) is 17.0 Å². The van der Waals surface area contributed by atoms with E-state index >= 15 is 4.39 Å². The molecule has 0 saturated heterocycles. The van der Waals surface area contributed by atoms with Crippen LogP contribution < -0.4 is 9.46 Å². The number of rotatable bonds is 8. The Morgan fingerprint density at radius 3 is 2.32 bits per heavy atom. The van der Waals surface area contributed by atoms with Gasteiger partial charge in [0.1, 0.15) is 16.5 Å². The SMILES string of the molecule is CCC1CCC(c2ccc(-c3cccc(S(=O)(=O)Nc4cc(F)c(C(=O)O)cc4OC)c3F)cc2)CC1. The van der Waals surface area contributed by atoms with E-state index in [1.165, 1.54) is 44.1 Å². The minimum absolute atomic E-state index is 0.114. The number of hydrogen-bond donors (Lipinski definition) is 2. The van der Waals surface area contributed by atoms with Crippen LogP contribution in [0.15, 0.2) is 59.5 Å². The maximum absolute atomic E-state index is 15.5. The molecule has 1 aliphatic rings. The maximum Gasteiger partial charge on any atom is 0.338 e. The van der Waals surface area contributed by atoms with Crippen LogP contribution in [0, 0.1) is 17.6 Å². The number of aromatic carboxylic acids is 1. The summed E-state index contributed by atoms with van der Waals surface area (Å²) in [6.07, 6.45) is 5.87. The zero-order chi connectivity index (χ0) is 26.7. The Hall–Kier alpha value is -3.46. The molecule has 2 N–H and O–H groups in total. The van der Waals surface area contributed by atoms with E-state index in [1.54, 1.807) is 12.1 Å². The number of halogens is 2. The molecule has 3 aromatic rings. The Morgan fingerprint density at radius 1 is 1.05 bits per heavy atom. The molecule has 1 aliphatic carbocycles. The van der Waals surface area contributed by atoms with Gasteiger partial charge in [0.25, 0.3) is 10.0 Å². The number of ether oxygens (including phenoxy) is 1. The third-order valence-electron chi connectivity index (χ3n) is 7.13. The van der Waals surface area contributed by atoms with E-state index < -0.39 is 38.1 Å². The lowest BCUT2D eigenvalue weighted by Gasteiger charge is -2.28. The zero-order valence-electron chi connectivity index (χ0n) is 20.6. The predicted molar refractivity (Wildman–Crippen MR) is 138 cm³/mol. The van der Waals surface area contributed by atoms with Crippen molar-refractivity contribution in [3.05, 3.63) is 77.4 Å². The van der Waals surface area contributed by atoms with Crippen LogP contribution in [-0.2, 0) is 10.0 Å². The first-order chi connectivity index (χ1) is 17.6. The van der Waals surface area contributed by atoms with Gasteiger partial charge >= 0.3 is 5.97 Å². The lowest BCUT2D eigenvalue weighted by molar-refractivity contribution is 0.0691. The number of nitrogens with one attached hydrogen (secondary N) is 1. The Kier molecular flexibility index (Phi) is 7.82. The van der Waals surface area contributed by atoms with Crippen LogP contribution in [0.25, 0.3) is 11.1 Å². The molecular weight excluding hydrogens is 500 g/mol. The molecule has 0 heterocycles. The van der Waals surface area contributed by atoms with Crippen LogP contribution in [-0.4, -0.2) is 26.6 Å². The van der Waals surface area contributed by atoms with Crippen LogP contribution in [0.4, 0.5) is 14.5 Å². The van der Waals surface area contributed by atoms with Crippen molar-refractivity contribution in [3.8, 4) is 16.9 Å². The van der Waals surface area contributed by atoms with Gasteiger partial charge in [0, 0.05) is 11.6 Å². The van der Waals surface area contributed by atoms with Crippen LogP contribution >= 0.6 is 0 Å². The first-order valence-corrected chi connectivity index (χ1v) is 13.6. The first kappa shape index (κ1) is 26.6. The minimum Gasteiger partial charge on any atom is -0.495 e. The van der Waals surface area contributed by atoms with Gasteiger partial charge in [0.2, 0.25) is 0 Å². The van der Waals surface area contributed by atoms with Gasteiger partial charge in [-0.25, -0.2) is 22.0 Å².